The van der Waals surface area contributed by atoms with Crippen molar-refractivity contribution in [1.82, 2.24) is 20.8 Å². The molecule has 0 aromatic carbocycles. The van der Waals surface area contributed by atoms with Gasteiger partial charge in [-0.2, -0.15) is 0 Å². The molecule has 0 saturated heterocycles. The number of nitrogens with one attached hydrogen (secondary N) is 2. The van der Waals surface area contributed by atoms with Crippen molar-refractivity contribution in [2.75, 3.05) is 5.75 Å². The fourth-order valence-electron chi connectivity index (χ4n) is 3.01. The number of amides is 3. The number of hydrogen-bond acceptors (Lipinski definition) is 7. The number of carbonyl (C=O) groups is 2. The van der Waals surface area contributed by atoms with Crippen molar-refractivity contribution < 1.29 is 18.4 Å². The van der Waals surface area contributed by atoms with E-state index in [0.717, 1.165) is 36.6 Å². The van der Waals surface area contributed by atoms with Gasteiger partial charge in [-0.05, 0) is 31.7 Å². The average Bonchev–Trinajstić information content (AvgIpc) is 3.23. The molecule has 0 spiro atoms. The quantitative estimate of drug-likeness (QED) is 0.769. The maximum absolute atomic E-state index is 12.0. The molecule has 1 aliphatic carbocycles. The Balaban J connectivity index is 1.45. The minimum Gasteiger partial charge on any atom is -0.469 e. The molecule has 0 unspecified atom stereocenters. The van der Waals surface area contributed by atoms with Gasteiger partial charge in [0.1, 0.15) is 5.76 Å². The van der Waals surface area contributed by atoms with Crippen LogP contribution in [0.5, 0.6) is 0 Å². The molecule has 1 fully saturated rings. The van der Waals surface area contributed by atoms with E-state index in [9.17, 15) is 9.59 Å². The summed E-state index contributed by atoms with van der Waals surface area (Å²) in [6, 6.07) is 1.41. The third kappa shape index (κ3) is 4.66. The summed E-state index contributed by atoms with van der Waals surface area (Å²) in [6.45, 7) is 3.92. The minimum absolute atomic E-state index is 0.0135. The normalized spacial score (nSPS) is 19.9. The van der Waals surface area contributed by atoms with Crippen LogP contribution in [0.1, 0.15) is 38.4 Å². The van der Waals surface area contributed by atoms with Crippen molar-refractivity contribution >= 4 is 23.7 Å². The molecule has 1 saturated carbocycles. The van der Waals surface area contributed by atoms with E-state index in [2.05, 4.69) is 27.8 Å². The second-order valence-corrected chi connectivity index (χ2v) is 7.37. The van der Waals surface area contributed by atoms with Crippen molar-refractivity contribution in [3.8, 4) is 11.5 Å². The molecule has 3 amide bonds. The van der Waals surface area contributed by atoms with E-state index in [1.807, 2.05) is 0 Å². The van der Waals surface area contributed by atoms with Gasteiger partial charge in [0.15, 0.2) is 0 Å². The number of nitrogens with zero attached hydrogens (tertiary/aromatic N) is 2. The highest BCUT2D eigenvalue weighted by Gasteiger charge is 2.23. The van der Waals surface area contributed by atoms with Crippen LogP contribution in [0.4, 0.5) is 4.79 Å². The number of hydrogen-bond donors (Lipinski definition) is 2. The molecular weight excluding hydrogens is 356 g/mol. The van der Waals surface area contributed by atoms with Crippen molar-refractivity contribution in [1.29, 1.82) is 0 Å². The van der Waals surface area contributed by atoms with E-state index in [-0.39, 0.29) is 17.0 Å². The molecule has 2 aromatic rings. The smallest absolute Gasteiger partial charge is 0.321 e. The van der Waals surface area contributed by atoms with E-state index in [4.69, 9.17) is 8.83 Å². The lowest BCUT2D eigenvalue weighted by atomic mass is 9.86. The van der Waals surface area contributed by atoms with E-state index in [1.165, 1.54) is 6.42 Å². The first-order chi connectivity index (χ1) is 12.5. The summed E-state index contributed by atoms with van der Waals surface area (Å²) in [5, 5.41) is 13.3. The van der Waals surface area contributed by atoms with Gasteiger partial charge >= 0.3 is 6.03 Å². The predicted molar refractivity (Wildman–Crippen MR) is 95.6 cm³/mol. The van der Waals surface area contributed by atoms with Crippen LogP contribution >= 0.6 is 11.8 Å². The third-order valence-electron chi connectivity index (χ3n) is 4.50. The van der Waals surface area contributed by atoms with Crippen LogP contribution in [0.3, 0.4) is 0 Å². The van der Waals surface area contributed by atoms with Gasteiger partial charge in [-0.25, -0.2) is 4.79 Å². The van der Waals surface area contributed by atoms with Crippen LogP contribution in [0, 0.1) is 12.8 Å². The topological polar surface area (TPSA) is 110 Å². The van der Waals surface area contributed by atoms with Crippen LogP contribution in [0.2, 0.25) is 0 Å². The van der Waals surface area contributed by atoms with Crippen LogP contribution < -0.4 is 10.6 Å². The van der Waals surface area contributed by atoms with Gasteiger partial charge in [0.25, 0.3) is 11.1 Å². The lowest BCUT2D eigenvalue weighted by Crippen LogP contribution is -2.48. The molecule has 0 aliphatic heterocycles. The monoisotopic (exact) mass is 378 g/mol. The summed E-state index contributed by atoms with van der Waals surface area (Å²) in [5.41, 5.74) is 0.717. The Hall–Kier alpha value is -2.29. The second-order valence-electron chi connectivity index (χ2n) is 6.44. The molecule has 8 nitrogen and oxygen atoms in total. The number of imide groups is 1. The number of thioether (sulfide) groups is 1. The molecule has 2 N–H and O–H groups in total. The zero-order valence-corrected chi connectivity index (χ0v) is 15.6. The first-order valence-corrected chi connectivity index (χ1v) is 9.62. The largest absolute Gasteiger partial charge is 0.469 e. The highest BCUT2D eigenvalue weighted by atomic mass is 32.2. The summed E-state index contributed by atoms with van der Waals surface area (Å²) >= 11 is 1.08. The summed E-state index contributed by atoms with van der Waals surface area (Å²) in [7, 11) is 0. The van der Waals surface area contributed by atoms with Crippen LogP contribution in [-0.2, 0) is 4.79 Å². The fourth-order valence-corrected chi connectivity index (χ4v) is 3.57. The third-order valence-corrected chi connectivity index (χ3v) is 5.32. The van der Waals surface area contributed by atoms with Gasteiger partial charge in [-0.15, -0.1) is 10.2 Å². The lowest BCUT2D eigenvalue weighted by molar-refractivity contribution is -0.117. The molecule has 2 aromatic heterocycles. The van der Waals surface area contributed by atoms with Crippen LogP contribution in [0.15, 0.2) is 26.4 Å². The summed E-state index contributed by atoms with van der Waals surface area (Å²) in [4.78, 5) is 23.9. The maximum atomic E-state index is 12.0. The zero-order chi connectivity index (χ0) is 18.5. The number of furan rings is 1. The summed E-state index contributed by atoms with van der Waals surface area (Å²) in [5.74, 6) is 1.05. The van der Waals surface area contributed by atoms with Gasteiger partial charge in [0.2, 0.25) is 5.91 Å². The SMILES string of the molecule is Cc1occc1-c1nnc(SCC(=O)NC(=O)N[C@H]2CCCC[C@@H]2C)o1. The van der Waals surface area contributed by atoms with Gasteiger partial charge in [0.05, 0.1) is 17.6 Å². The van der Waals surface area contributed by atoms with Crippen molar-refractivity contribution in [2.24, 2.45) is 5.92 Å². The molecule has 0 radical (unpaired) electrons. The number of urea groups is 1. The Kier molecular flexibility index (Phi) is 5.97. The van der Waals surface area contributed by atoms with E-state index < -0.39 is 11.9 Å². The van der Waals surface area contributed by atoms with Crippen molar-refractivity contribution in [3.63, 3.8) is 0 Å². The van der Waals surface area contributed by atoms with Crippen LogP contribution in [0.25, 0.3) is 11.5 Å². The zero-order valence-electron chi connectivity index (χ0n) is 14.8. The molecular formula is C17H22N4O4S. The molecule has 1 aliphatic rings. The highest BCUT2D eigenvalue weighted by molar-refractivity contribution is 7.99. The Bertz CT molecular complexity index is 772. The molecule has 3 rings (SSSR count). The predicted octanol–water partition coefficient (Wildman–Crippen LogP) is 3.13. The van der Waals surface area contributed by atoms with Gasteiger partial charge in [-0.3, -0.25) is 10.1 Å². The maximum Gasteiger partial charge on any atom is 0.321 e. The molecule has 140 valence electrons. The standard InChI is InChI=1S/C17H22N4O4S/c1-10-5-3-4-6-13(10)18-16(23)19-14(22)9-26-17-21-20-15(25-17)12-7-8-24-11(12)2/h7-8,10,13H,3-6,9H2,1-2H3,(H2,18,19,22,23)/t10-,13-/m0/s1. The minimum atomic E-state index is -0.449. The van der Waals surface area contributed by atoms with Crippen LogP contribution in [-0.4, -0.2) is 33.9 Å². The van der Waals surface area contributed by atoms with E-state index in [1.54, 1.807) is 19.3 Å². The van der Waals surface area contributed by atoms with Crippen molar-refractivity contribution in [3.05, 3.63) is 18.1 Å². The Morgan fingerprint density at radius 1 is 1.31 bits per heavy atom. The second kappa shape index (κ2) is 8.39. The Labute approximate surface area is 155 Å². The number of aryl methyl sites for hydroxylation is 1. The first kappa shape index (κ1) is 18.5. The first-order valence-electron chi connectivity index (χ1n) is 8.64. The lowest BCUT2D eigenvalue weighted by Gasteiger charge is -2.29. The highest BCUT2D eigenvalue weighted by Crippen LogP contribution is 2.26. The molecule has 0 bridgehead atoms. The van der Waals surface area contributed by atoms with Gasteiger partial charge in [-0.1, -0.05) is 31.5 Å². The fraction of sp³-hybridized carbons (Fsp3) is 0.529. The molecule has 2 heterocycles. The number of rotatable bonds is 5. The molecule has 2 atom stereocenters. The Morgan fingerprint density at radius 2 is 2.12 bits per heavy atom. The number of carbonyl (C=O) groups excluding carboxylic acids is 2. The van der Waals surface area contributed by atoms with Gasteiger partial charge in [0, 0.05) is 6.04 Å². The summed E-state index contributed by atoms with van der Waals surface area (Å²) in [6.07, 6.45) is 5.90. The summed E-state index contributed by atoms with van der Waals surface area (Å²) < 4.78 is 10.7. The number of aromatic nitrogens is 2. The van der Waals surface area contributed by atoms with E-state index in [0.29, 0.717) is 17.6 Å². The van der Waals surface area contributed by atoms with Gasteiger partial charge < -0.3 is 14.2 Å². The Morgan fingerprint density at radius 3 is 2.85 bits per heavy atom. The molecule has 26 heavy (non-hydrogen) atoms. The average molecular weight is 378 g/mol. The van der Waals surface area contributed by atoms with Crippen molar-refractivity contribution in [2.45, 2.75) is 50.8 Å². The van der Waals surface area contributed by atoms with E-state index >= 15 is 0 Å². The molecule has 9 heteroatoms.